The van der Waals surface area contributed by atoms with Gasteiger partial charge in [0.1, 0.15) is 11.5 Å². The van der Waals surface area contributed by atoms with Gasteiger partial charge in [0.15, 0.2) is 0 Å². The number of hydrogen-bond acceptors (Lipinski definition) is 4. The molecule has 4 nitrogen and oxygen atoms in total. The summed E-state index contributed by atoms with van der Waals surface area (Å²) in [6, 6.07) is 5.14. The van der Waals surface area contributed by atoms with Crippen molar-refractivity contribution in [1.29, 1.82) is 0 Å². The van der Waals surface area contributed by atoms with Crippen molar-refractivity contribution in [3.05, 3.63) is 23.8 Å². The second kappa shape index (κ2) is 4.94. The van der Waals surface area contributed by atoms with E-state index in [4.69, 9.17) is 4.74 Å². The molecular weight excluding hydrogens is 218 g/mol. The summed E-state index contributed by atoms with van der Waals surface area (Å²) in [5, 5.41) is 22.8. The predicted octanol–water partition coefficient (Wildman–Crippen LogP) is 1.41. The number of hydrogen-bond donors (Lipinski definition) is 3. The summed E-state index contributed by atoms with van der Waals surface area (Å²) in [7, 11) is 1.60. The summed E-state index contributed by atoms with van der Waals surface area (Å²) in [5.74, 6) is 0.973. The Kier molecular flexibility index (Phi) is 3.54. The van der Waals surface area contributed by atoms with E-state index in [0.29, 0.717) is 13.1 Å². The molecule has 94 valence electrons. The van der Waals surface area contributed by atoms with Gasteiger partial charge in [-0.2, -0.15) is 0 Å². The molecular formula is C13H19NO3. The third kappa shape index (κ3) is 2.90. The van der Waals surface area contributed by atoms with E-state index in [1.54, 1.807) is 25.3 Å². The SMILES string of the molecule is COc1ccc(O)c(CNCC2(O)CCC2)c1. The average molecular weight is 237 g/mol. The quantitative estimate of drug-likeness (QED) is 0.724. The van der Waals surface area contributed by atoms with Crippen LogP contribution in [0.15, 0.2) is 18.2 Å². The molecule has 0 atom stereocenters. The van der Waals surface area contributed by atoms with Crippen molar-refractivity contribution in [3.8, 4) is 11.5 Å². The van der Waals surface area contributed by atoms with Crippen molar-refractivity contribution in [1.82, 2.24) is 5.32 Å². The van der Waals surface area contributed by atoms with Crippen LogP contribution in [0.2, 0.25) is 0 Å². The summed E-state index contributed by atoms with van der Waals surface area (Å²) in [6.07, 6.45) is 2.83. The van der Waals surface area contributed by atoms with Gasteiger partial charge in [-0.25, -0.2) is 0 Å². The van der Waals surface area contributed by atoms with Crippen molar-refractivity contribution in [3.63, 3.8) is 0 Å². The first-order valence-corrected chi connectivity index (χ1v) is 5.92. The zero-order valence-electron chi connectivity index (χ0n) is 10.1. The molecule has 0 aliphatic heterocycles. The highest BCUT2D eigenvalue weighted by Crippen LogP contribution is 2.31. The van der Waals surface area contributed by atoms with E-state index < -0.39 is 5.60 Å². The van der Waals surface area contributed by atoms with Crippen LogP contribution in [0.25, 0.3) is 0 Å². The van der Waals surface area contributed by atoms with Crippen molar-refractivity contribution in [2.75, 3.05) is 13.7 Å². The second-order valence-corrected chi connectivity index (χ2v) is 4.68. The van der Waals surface area contributed by atoms with E-state index in [-0.39, 0.29) is 5.75 Å². The van der Waals surface area contributed by atoms with Crippen molar-refractivity contribution >= 4 is 0 Å². The standard InChI is InChI=1S/C13H19NO3/c1-17-11-3-4-12(15)10(7-11)8-14-9-13(16)5-2-6-13/h3-4,7,14-16H,2,5-6,8-9H2,1H3. The molecule has 0 heterocycles. The Hall–Kier alpha value is -1.26. The summed E-state index contributed by atoms with van der Waals surface area (Å²) in [5.41, 5.74) is 0.251. The van der Waals surface area contributed by atoms with E-state index in [9.17, 15) is 10.2 Å². The van der Waals surface area contributed by atoms with E-state index in [0.717, 1.165) is 30.6 Å². The summed E-state index contributed by atoms with van der Waals surface area (Å²) >= 11 is 0. The van der Waals surface area contributed by atoms with Gasteiger partial charge in [-0.1, -0.05) is 0 Å². The molecule has 0 amide bonds. The Morgan fingerprint density at radius 3 is 2.76 bits per heavy atom. The average Bonchev–Trinajstić information content (AvgIpc) is 2.29. The number of benzene rings is 1. The first-order valence-electron chi connectivity index (χ1n) is 5.92. The third-order valence-corrected chi connectivity index (χ3v) is 3.34. The Labute approximate surface area is 101 Å². The van der Waals surface area contributed by atoms with Crippen LogP contribution in [-0.2, 0) is 6.54 Å². The van der Waals surface area contributed by atoms with Crippen LogP contribution < -0.4 is 10.1 Å². The lowest BCUT2D eigenvalue weighted by Gasteiger charge is -2.36. The molecule has 0 radical (unpaired) electrons. The fourth-order valence-corrected chi connectivity index (χ4v) is 2.02. The largest absolute Gasteiger partial charge is 0.508 e. The van der Waals surface area contributed by atoms with Crippen LogP contribution in [0.3, 0.4) is 0 Å². The molecule has 0 unspecified atom stereocenters. The topological polar surface area (TPSA) is 61.7 Å². The lowest BCUT2D eigenvalue weighted by atomic mass is 9.80. The number of aromatic hydroxyl groups is 1. The Morgan fingerprint density at radius 2 is 2.18 bits per heavy atom. The van der Waals surface area contributed by atoms with Crippen LogP contribution in [-0.4, -0.2) is 29.5 Å². The first-order chi connectivity index (χ1) is 8.13. The van der Waals surface area contributed by atoms with Gasteiger partial charge >= 0.3 is 0 Å². The number of nitrogens with one attached hydrogen (secondary N) is 1. The van der Waals surface area contributed by atoms with Crippen molar-refractivity contribution < 1.29 is 14.9 Å². The molecule has 1 aliphatic carbocycles. The third-order valence-electron chi connectivity index (χ3n) is 3.34. The molecule has 2 rings (SSSR count). The Bertz CT molecular complexity index is 388. The minimum absolute atomic E-state index is 0.249. The smallest absolute Gasteiger partial charge is 0.120 e. The number of methoxy groups -OCH3 is 1. The molecule has 1 fully saturated rings. The highest BCUT2D eigenvalue weighted by molar-refractivity contribution is 5.39. The van der Waals surface area contributed by atoms with Gasteiger partial charge < -0.3 is 20.3 Å². The number of aliphatic hydroxyl groups is 1. The maximum Gasteiger partial charge on any atom is 0.120 e. The summed E-state index contributed by atoms with van der Waals surface area (Å²) in [6.45, 7) is 1.11. The minimum atomic E-state index is -0.533. The van der Waals surface area contributed by atoms with E-state index in [1.807, 2.05) is 0 Å². The molecule has 4 heteroatoms. The van der Waals surface area contributed by atoms with Crippen LogP contribution in [0, 0.1) is 0 Å². The van der Waals surface area contributed by atoms with Gasteiger partial charge in [-0.3, -0.25) is 0 Å². The van der Waals surface area contributed by atoms with Crippen LogP contribution in [0.1, 0.15) is 24.8 Å². The maximum absolute atomic E-state index is 9.91. The van der Waals surface area contributed by atoms with Crippen LogP contribution in [0.4, 0.5) is 0 Å². The van der Waals surface area contributed by atoms with Gasteiger partial charge in [0.2, 0.25) is 0 Å². The summed E-state index contributed by atoms with van der Waals surface area (Å²) in [4.78, 5) is 0. The maximum atomic E-state index is 9.91. The molecule has 0 bridgehead atoms. The van der Waals surface area contributed by atoms with Gasteiger partial charge in [-0.15, -0.1) is 0 Å². The molecule has 1 saturated carbocycles. The lowest BCUT2D eigenvalue weighted by Crippen LogP contribution is -2.45. The van der Waals surface area contributed by atoms with Crippen LogP contribution in [0.5, 0.6) is 11.5 Å². The fraction of sp³-hybridized carbons (Fsp3) is 0.538. The molecule has 0 saturated heterocycles. The molecule has 17 heavy (non-hydrogen) atoms. The van der Waals surface area contributed by atoms with Gasteiger partial charge in [0.25, 0.3) is 0 Å². The molecule has 3 N–H and O–H groups in total. The van der Waals surface area contributed by atoms with Crippen molar-refractivity contribution in [2.24, 2.45) is 0 Å². The minimum Gasteiger partial charge on any atom is -0.508 e. The number of phenols is 1. The lowest BCUT2D eigenvalue weighted by molar-refractivity contribution is -0.0315. The second-order valence-electron chi connectivity index (χ2n) is 4.68. The monoisotopic (exact) mass is 237 g/mol. The molecule has 0 spiro atoms. The highest BCUT2D eigenvalue weighted by atomic mass is 16.5. The predicted molar refractivity (Wildman–Crippen MR) is 65.2 cm³/mol. The van der Waals surface area contributed by atoms with Gasteiger partial charge in [0, 0.05) is 18.7 Å². The molecule has 1 aliphatic rings. The van der Waals surface area contributed by atoms with E-state index in [2.05, 4.69) is 5.32 Å². The zero-order valence-corrected chi connectivity index (χ0v) is 10.1. The highest BCUT2D eigenvalue weighted by Gasteiger charge is 2.33. The number of ether oxygens (including phenoxy) is 1. The zero-order chi connectivity index (χ0) is 12.3. The normalized spacial score (nSPS) is 17.5. The molecule has 1 aromatic rings. The Morgan fingerprint density at radius 1 is 1.41 bits per heavy atom. The molecule has 0 aromatic heterocycles. The fourth-order valence-electron chi connectivity index (χ4n) is 2.02. The van der Waals surface area contributed by atoms with E-state index in [1.165, 1.54) is 0 Å². The van der Waals surface area contributed by atoms with Gasteiger partial charge in [-0.05, 0) is 37.5 Å². The number of rotatable bonds is 5. The number of phenolic OH excluding ortho intramolecular Hbond substituents is 1. The van der Waals surface area contributed by atoms with E-state index >= 15 is 0 Å². The summed E-state index contributed by atoms with van der Waals surface area (Å²) < 4.78 is 5.10. The Balaban J connectivity index is 1.89. The van der Waals surface area contributed by atoms with Gasteiger partial charge in [0.05, 0.1) is 12.7 Å². The van der Waals surface area contributed by atoms with Crippen molar-refractivity contribution in [2.45, 2.75) is 31.4 Å². The molecule has 1 aromatic carbocycles. The van der Waals surface area contributed by atoms with Crippen LogP contribution >= 0.6 is 0 Å². The first kappa shape index (κ1) is 12.2.